The van der Waals surface area contributed by atoms with Crippen molar-refractivity contribution in [1.82, 2.24) is 4.98 Å². The van der Waals surface area contributed by atoms with E-state index in [1.165, 1.54) is 30.9 Å². The summed E-state index contributed by atoms with van der Waals surface area (Å²) in [6.07, 6.45) is 4.18. The molecule has 1 heterocycles. The van der Waals surface area contributed by atoms with Crippen molar-refractivity contribution in [2.24, 2.45) is 0 Å². The molecule has 1 saturated carbocycles. The van der Waals surface area contributed by atoms with Gasteiger partial charge in [-0.15, -0.1) is 0 Å². The van der Waals surface area contributed by atoms with E-state index in [0.29, 0.717) is 18.2 Å². The quantitative estimate of drug-likeness (QED) is 0.856. The average molecular weight is 311 g/mol. The number of hydrogen-bond donors (Lipinski definition) is 2. The zero-order valence-electron chi connectivity index (χ0n) is 13.4. The van der Waals surface area contributed by atoms with Crippen LogP contribution in [0.25, 0.3) is 0 Å². The van der Waals surface area contributed by atoms with Crippen molar-refractivity contribution in [2.45, 2.75) is 32.2 Å². The van der Waals surface area contributed by atoms with Crippen LogP contribution >= 0.6 is 0 Å². The number of ether oxygens (including phenoxy) is 1. The molecule has 5 heteroatoms. The molecule has 0 saturated heterocycles. The second-order valence-corrected chi connectivity index (χ2v) is 5.81. The molecule has 2 aromatic rings. The Bertz CT molecular complexity index is 694. The zero-order chi connectivity index (χ0) is 16.2. The van der Waals surface area contributed by atoms with Gasteiger partial charge in [0.2, 0.25) is 5.91 Å². The number of carbonyl (C=O) groups is 1. The van der Waals surface area contributed by atoms with Crippen molar-refractivity contribution in [3.8, 4) is 5.75 Å². The van der Waals surface area contributed by atoms with Crippen molar-refractivity contribution in [2.75, 3.05) is 17.7 Å². The van der Waals surface area contributed by atoms with Gasteiger partial charge in [0.05, 0.1) is 19.0 Å². The van der Waals surface area contributed by atoms with Crippen LogP contribution in [0.5, 0.6) is 5.75 Å². The van der Waals surface area contributed by atoms with Crippen molar-refractivity contribution in [1.29, 1.82) is 0 Å². The highest BCUT2D eigenvalue weighted by Crippen LogP contribution is 2.42. The molecule has 0 unspecified atom stereocenters. The van der Waals surface area contributed by atoms with Crippen LogP contribution in [0.3, 0.4) is 0 Å². The zero-order valence-corrected chi connectivity index (χ0v) is 13.4. The first-order chi connectivity index (χ1) is 11.2. The van der Waals surface area contributed by atoms with Crippen LogP contribution in [-0.2, 0) is 11.3 Å². The smallest absolute Gasteiger partial charge is 0.221 e. The fourth-order valence-electron chi connectivity index (χ4n) is 2.62. The molecule has 2 N–H and O–H groups in total. The van der Waals surface area contributed by atoms with Gasteiger partial charge in [0, 0.05) is 13.5 Å². The van der Waals surface area contributed by atoms with Crippen LogP contribution in [0.1, 0.15) is 36.8 Å². The Hall–Kier alpha value is -2.56. The molecule has 0 bridgehead atoms. The lowest BCUT2D eigenvalue weighted by Crippen LogP contribution is -2.07. The van der Waals surface area contributed by atoms with Gasteiger partial charge in [0.15, 0.2) is 0 Å². The molecule has 1 aliphatic carbocycles. The highest BCUT2D eigenvalue weighted by molar-refractivity contribution is 5.88. The van der Waals surface area contributed by atoms with Crippen LogP contribution in [0.2, 0.25) is 0 Å². The van der Waals surface area contributed by atoms with E-state index < -0.39 is 0 Å². The molecule has 3 rings (SSSR count). The molecule has 23 heavy (non-hydrogen) atoms. The second-order valence-electron chi connectivity index (χ2n) is 5.81. The van der Waals surface area contributed by atoms with E-state index in [1.807, 2.05) is 18.2 Å². The highest BCUT2D eigenvalue weighted by atomic mass is 16.5. The van der Waals surface area contributed by atoms with E-state index in [9.17, 15) is 4.79 Å². The second kappa shape index (κ2) is 6.69. The number of amides is 1. The lowest BCUT2D eigenvalue weighted by atomic mass is 10.0. The van der Waals surface area contributed by atoms with Crippen molar-refractivity contribution in [3.63, 3.8) is 0 Å². The van der Waals surface area contributed by atoms with Gasteiger partial charge in [0.1, 0.15) is 11.6 Å². The van der Waals surface area contributed by atoms with Crippen LogP contribution in [0.15, 0.2) is 36.5 Å². The van der Waals surface area contributed by atoms with E-state index in [-0.39, 0.29) is 5.91 Å². The third-order valence-electron chi connectivity index (χ3n) is 3.91. The molecule has 5 nitrogen and oxygen atoms in total. The lowest BCUT2D eigenvalue weighted by Gasteiger charge is -2.12. The number of nitrogens with one attached hydrogen (secondary N) is 2. The van der Waals surface area contributed by atoms with Gasteiger partial charge >= 0.3 is 0 Å². The van der Waals surface area contributed by atoms with Gasteiger partial charge in [-0.25, -0.2) is 4.98 Å². The highest BCUT2D eigenvalue weighted by Gasteiger charge is 2.26. The van der Waals surface area contributed by atoms with Crippen molar-refractivity contribution in [3.05, 3.63) is 47.7 Å². The number of pyridine rings is 1. The van der Waals surface area contributed by atoms with Crippen LogP contribution < -0.4 is 15.4 Å². The van der Waals surface area contributed by atoms with Gasteiger partial charge < -0.3 is 15.4 Å². The minimum atomic E-state index is -0.0991. The van der Waals surface area contributed by atoms with Crippen LogP contribution in [0, 0.1) is 0 Å². The summed E-state index contributed by atoms with van der Waals surface area (Å²) in [5.74, 6) is 2.25. The summed E-state index contributed by atoms with van der Waals surface area (Å²) in [5, 5.41) is 6.04. The molecule has 0 radical (unpaired) electrons. The van der Waals surface area contributed by atoms with E-state index in [1.54, 1.807) is 13.3 Å². The van der Waals surface area contributed by atoms with Crippen LogP contribution in [0.4, 0.5) is 11.5 Å². The number of aromatic nitrogens is 1. The molecule has 1 aliphatic rings. The third-order valence-corrected chi connectivity index (χ3v) is 3.91. The summed E-state index contributed by atoms with van der Waals surface area (Å²) in [6, 6.07) is 9.98. The summed E-state index contributed by atoms with van der Waals surface area (Å²) in [6.45, 7) is 2.18. The van der Waals surface area contributed by atoms with Gasteiger partial charge in [-0.2, -0.15) is 0 Å². The number of nitrogens with zero attached hydrogens (tertiary/aromatic N) is 1. The fourth-order valence-corrected chi connectivity index (χ4v) is 2.62. The fraction of sp³-hybridized carbons (Fsp3) is 0.333. The summed E-state index contributed by atoms with van der Waals surface area (Å²) < 4.78 is 5.33. The molecule has 0 spiro atoms. The molecule has 1 aromatic heterocycles. The summed E-state index contributed by atoms with van der Waals surface area (Å²) in [4.78, 5) is 15.3. The van der Waals surface area contributed by atoms with Gasteiger partial charge in [-0.3, -0.25) is 4.79 Å². The maximum absolute atomic E-state index is 11.0. The Labute approximate surface area is 136 Å². The van der Waals surface area contributed by atoms with Crippen molar-refractivity contribution >= 4 is 17.4 Å². The van der Waals surface area contributed by atoms with E-state index in [4.69, 9.17) is 4.74 Å². The number of rotatable bonds is 6. The Kier molecular flexibility index (Phi) is 4.46. The number of anilines is 2. The molecule has 1 aromatic carbocycles. The van der Waals surface area contributed by atoms with Gasteiger partial charge in [-0.05, 0) is 54.2 Å². The van der Waals surface area contributed by atoms with Crippen LogP contribution in [-0.4, -0.2) is 18.0 Å². The largest absolute Gasteiger partial charge is 0.497 e. The SMILES string of the molecule is COc1ccc(C2CC2)c(CNc2ccc(NC(C)=O)cn2)c1. The Balaban J connectivity index is 1.68. The Morgan fingerprint density at radius 1 is 1.30 bits per heavy atom. The summed E-state index contributed by atoms with van der Waals surface area (Å²) >= 11 is 0. The monoisotopic (exact) mass is 311 g/mol. The van der Waals surface area contributed by atoms with Gasteiger partial charge in [0.25, 0.3) is 0 Å². The lowest BCUT2D eigenvalue weighted by molar-refractivity contribution is -0.114. The summed E-state index contributed by atoms with van der Waals surface area (Å²) in [5.41, 5.74) is 3.34. The minimum absolute atomic E-state index is 0.0991. The Morgan fingerprint density at radius 2 is 2.13 bits per heavy atom. The minimum Gasteiger partial charge on any atom is -0.497 e. The Morgan fingerprint density at radius 3 is 2.74 bits per heavy atom. The average Bonchev–Trinajstić information content (AvgIpc) is 3.38. The van der Waals surface area contributed by atoms with Crippen molar-refractivity contribution < 1.29 is 9.53 Å². The molecule has 1 amide bonds. The maximum Gasteiger partial charge on any atom is 0.221 e. The normalized spacial score (nSPS) is 13.5. The molecule has 1 fully saturated rings. The van der Waals surface area contributed by atoms with E-state index in [2.05, 4.69) is 27.8 Å². The predicted octanol–water partition coefficient (Wildman–Crippen LogP) is 3.54. The molecular weight excluding hydrogens is 290 g/mol. The van der Waals surface area contributed by atoms with E-state index >= 15 is 0 Å². The number of carbonyl (C=O) groups excluding carboxylic acids is 1. The molecular formula is C18H21N3O2. The van der Waals surface area contributed by atoms with E-state index in [0.717, 1.165) is 11.6 Å². The molecule has 0 aliphatic heterocycles. The number of hydrogen-bond acceptors (Lipinski definition) is 4. The molecule has 0 atom stereocenters. The summed E-state index contributed by atoms with van der Waals surface area (Å²) in [7, 11) is 1.69. The topological polar surface area (TPSA) is 63.2 Å². The maximum atomic E-state index is 11.0. The number of methoxy groups -OCH3 is 1. The third kappa shape index (κ3) is 4.00. The number of benzene rings is 1. The van der Waals surface area contributed by atoms with Gasteiger partial charge in [-0.1, -0.05) is 6.07 Å². The first-order valence-corrected chi connectivity index (χ1v) is 7.80. The molecule has 120 valence electrons. The predicted molar refractivity (Wildman–Crippen MR) is 90.8 cm³/mol. The first-order valence-electron chi connectivity index (χ1n) is 7.80. The standard InChI is InChI=1S/C18H21N3O2/c1-12(22)21-15-5-8-18(20-11-15)19-10-14-9-16(23-2)6-7-17(14)13-3-4-13/h5-9,11,13H,3-4,10H2,1-2H3,(H,19,20)(H,21,22). The first kappa shape index (κ1) is 15.3.